The molecule has 2 aromatic carbocycles. The predicted octanol–water partition coefficient (Wildman–Crippen LogP) is 5.84. The van der Waals surface area contributed by atoms with Crippen molar-refractivity contribution in [3.05, 3.63) is 63.6 Å². The summed E-state index contributed by atoms with van der Waals surface area (Å²) in [7, 11) is 1.93. The van der Waals surface area contributed by atoms with E-state index in [0.717, 1.165) is 62.4 Å². The van der Waals surface area contributed by atoms with E-state index in [9.17, 15) is 4.79 Å². The second-order valence-electron chi connectivity index (χ2n) is 9.10. The third kappa shape index (κ3) is 5.62. The Kier molecular flexibility index (Phi) is 7.91. The summed E-state index contributed by atoms with van der Waals surface area (Å²) >= 11 is 12.5. The highest BCUT2D eigenvalue weighted by atomic mass is 35.5. The molecule has 8 heteroatoms. The van der Waals surface area contributed by atoms with Crippen LogP contribution in [-0.4, -0.2) is 55.1 Å². The van der Waals surface area contributed by atoms with Crippen LogP contribution in [0.15, 0.2) is 42.5 Å². The summed E-state index contributed by atoms with van der Waals surface area (Å²) < 4.78 is 0. The van der Waals surface area contributed by atoms with E-state index >= 15 is 0 Å². The Morgan fingerprint density at radius 3 is 2.65 bits per heavy atom. The molecule has 0 aliphatic carbocycles. The van der Waals surface area contributed by atoms with Gasteiger partial charge < -0.3 is 21.3 Å². The number of rotatable bonds is 6. The van der Waals surface area contributed by atoms with E-state index in [0.29, 0.717) is 16.1 Å². The molecule has 1 fully saturated rings. The van der Waals surface area contributed by atoms with Crippen molar-refractivity contribution in [3.8, 4) is 0 Å². The summed E-state index contributed by atoms with van der Waals surface area (Å²) in [5.74, 6) is 0. The number of hydrogen-bond donors (Lipinski definition) is 3. The Balaban J connectivity index is 1.47. The van der Waals surface area contributed by atoms with Crippen molar-refractivity contribution in [2.75, 3.05) is 43.9 Å². The maximum atomic E-state index is 11.6. The van der Waals surface area contributed by atoms with E-state index in [1.54, 1.807) is 11.0 Å². The number of urea groups is 1. The van der Waals surface area contributed by atoms with Crippen LogP contribution in [0.1, 0.15) is 43.4 Å². The number of primary amides is 1. The second-order valence-corrected chi connectivity index (χ2v) is 9.94. The molecule has 182 valence electrons. The van der Waals surface area contributed by atoms with Crippen molar-refractivity contribution < 1.29 is 4.79 Å². The Bertz CT molecular complexity index is 1070. The van der Waals surface area contributed by atoms with Crippen LogP contribution in [0.5, 0.6) is 0 Å². The lowest BCUT2D eigenvalue weighted by Gasteiger charge is -2.40. The number of carbonyl (C=O) groups excluding carboxylic acids is 1. The normalized spacial score (nSPS) is 19.9. The molecule has 0 bridgehead atoms. The summed E-state index contributed by atoms with van der Waals surface area (Å²) in [6.07, 6.45) is 5.42. The van der Waals surface area contributed by atoms with Crippen LogP contribution in [0.2, 0.25) is 10.0 Å². The minimum atomic E-state index is -0.309. The highest BCUT2D eigenvalue weighted by Crippen LogP contribution is 2.34. The van der Waals surface area contributed by atoms with Gasteiger partial charge in [-0.05, 0) is 67.2 Å². The van der Waals surface area contributed by atoms with E-state index in [-0.39, 0.29) is 12.1 Å². The van der Waals surface area contributed by atoms with Crippen molar-refractivity contribution in [1.29, 1.82) is 0 Å². The zero-order valence-corrected chi connectivity index (χ0v) is 21.3. The molecule has 4 rings (SSSR count). The standard InChI is InChI=1S/C26H33Cl2N5O/c1-17(22-7-6-20(27)15-23(22)28)31-25-14-19(5-8-24(25)30-2)18-9-12-32(13-10-18)21-4-3-11-33(16-21)26(29)34/h5-9,14-15,17,21,30-31H,3-4,10-13,16H2,1-2H3,(H2,29,34). The number of benzene rings is 2. The number of carbonyl (C=O) groups is 1. The van der Waals surface area contributed by atoms with Gasteiger partial charge in [-0.3, -0.25) is 4.90 Å². The maximum Gasteiger partial charge on any atom is 0.314 e. The zero-order chi connectivity index (χ0) is 24.2. The molecule has 2 aliphatic rings. The molecule has 6 nitrogen and oxygen atoms in total. The number of anilines is 2. The zero-order valence-electron chi connectivity index (χ0n) is 19.8. The van der Waals surface area contributed by atoms with E-state index in [4.69, 9.17) is 28.9 Å². The van der Waals surface area contributed by atoms with Crippen molar-refractivity contribution >= 4 is 46.2 Å². The third-order valence-corrected chi connectivity index (χ3v) is 7.49. The van der Waals surface area contributed by atoms with Gasteiger partial charge in [0.1, 0.15) is 0 Å². The molecular formula is C26H33Cl2N5O. The first-order chi connectivity index (χ1) is 16.4. The molecule has 4 N–H and O–H groups in total. The smallest absolute Gasteiger partial charge is 0.314 e. The molecule has 2 amide bonds. The number of halogens is 2. The van der Waals surface area contributed by atoms with Crippen molar-refractivity contribution in [2.24, 2.45) is 5.73 Å². The summed E-state index contributed by atoms with van der Waals surface area (Å²) in [4.78, 5) is 15.8. The first-order valence-corrected chi connectivity index (χ1v) is 12.6. The Morgan fingerprint density at radius 2 is 1.97 bits per heavy atom. The van der Waals surface area contributed by atoms with Crippen LogP contribution in [0.4, 0.5) is 16.2 Å². The summed E-state index contributed by atoms with van der Waals surface area (Å²) in [6.45, 7) is 5.47. The van der Waals surface area contributed by atoms with Crippen LogP contribution in [0.25, 0.3) is 5.57 Å². The minimum absolute atomic E-state index is 0.0162. The van der Waals surface area contributed by atoms with Crippen LogP contribution in [-0.2, 0) is 0 Å². The van der Waals surface area contributed by atoms with Gasteiger partial charge in [0.2, 0.25) is 0 Å². The predicted molar refractivity (Wildman–Crippen MR) is 143 cm³/mol. The van der Waals surface area contributed by atoms with Gasteiger partial charge in [-0.25, -0.2) is 4.79 Å². The van der Waals surface area contributed by atoms with Gasteiger partial charge in [0.15, 0.2) is 0 Å². The SMILES string of the molecule is CNc1ccc(C2=CCN(C3CCCN(C(N)=O)C3)CC2)cc1NC(C)c1ccc(Cl)cc1Cl. The highest BCUT2D eigenvalue weighted by Gasteiger charge is 2.28. The van der Waals surface area contributed by atoms with E-state index < -0.39 is 0 Å². The molecule has 0 spiro atoms. The Hall–Kier alpha value is -2.41. The molecule has 1 saturated heterocycles. The van der Waals surface area contributed by atoms with Crippen LogP contribution in [0.3, 0.4) is 0 Å². The molecule has 2 unspecified atom stereocenters. The number of nitrogens with two attached hydrogens (primary N) is 1. The molecule has 0 saturated carbocycles. The average Bonchev–Trinajstić information content (AvgIpc) is 2.84. The number of hydrogen-bond acceptors (Lipinski definition) is 4. The fraction of sp³-hybridized carbons (Fsp3) is 0.423. The second kappa shape index (κ2) is 10.9. The lowest BCUT2D eigenvalue weighted by Crippen LogP contribution is -2.52. The van der Waals surface area contributed by atoms with Gasteiger partial charge in [-0.2, -0.15) is 0 Å². The minimum Gasteiger partial charge on any atom is -0.386 e. The number of nitrogens with zero attached hydrogens (tertiary/aromatic N) is 2. The van der Waals surface area contributed by atoms with Gasteiger partial charge >= 0.3 is 6.03 Å². The Labute approximate surface area is 212 Å². The highest BCUT2D eigenvalue weighted by molar-refractivity contribution is 6.35. The van der Waals surface area contributed by atoms with Crippen molar-refractivity contribution in [1.82, 2.24) is 9.80 Å². The van der Waals surface area contributed by atoms with E-state index in [1.807, 2.05) is 19.2 Å². The average molecular weight is 502 g/mol. The monoisotopic (exact) mass is 501 g/mol. The van der Waals surface area contributed by atoms with Gasteiger partial charge in [-0.15, -0.1) is 0 Å². The lowest BCUT2D eigenvalue weighted by atomic mass is 9.95. The number of piperidine rings is 1. The summed E-state index contributed by atoms with van der Waals surface area (Å²) in [5, 5.41) is 8.19. The van der Waals surface area contributed by atoms with E-state index in [1.165, 1.54) is 11.1 Å². The fourth-order valence-electron chi connectivity index (χ4n) is 4.98. The largest absolute Gasteiger partial charge is 0.386 e. The summed E-state index contributed by atoms with van der Waals surface area (Å²) in [6, 6.07) is 12.2. The van der Waals surface area contributed by atoms with Crippen LogP contribution in [0, 0.1) is 0 Å². The van der Waals surface area contributed by atoms with Crippen LogP contribution < -0.4 is 16.4 Å². The van der Waals surface area contributed by atoms with Gasteiger partial charge in [-0.1, -0.05) is 41.4 Å². The molecule has 0 radical (unpaired) electrons. The van der Waals surface area contributed by atoms with Gasteiger partial charge in [0.05, 0.1) is 17.4 Å². The molecule has 34 heavy (non-hydrogen) atoms. The molecule has 2 aliphatic heterocycles. The molecule has 2 atom stereocenters. The fourth-order valence-corrected chi connectivity index (χ4v) is 5.55. The molecule has 0 aromatic heterocycles. The third-order valence-electron chi connectivity index (χ3n) is 6.93. The first-order valence-electron chi connectivity index (χ1n) is 11.9. The topological polar surface area (TPSA) is 73.6 Å². The number of nitrogens with one attached hydrogen (secondary N) is 2. The lowest BCUT2D eigenvalue weighted by molar-refractivity contribution is 0.120. The van der Waals surface area contributed by atoms with Gasteiger partial charge in [0.25, 0.3) is 0 Å². The number of amides is 2. The van der Waals surface area contributed by atoms with Crippen molar-refractivity contribution in [2.45, 2.75) is 38.3 Å². The molecular weight excluding hydrogens is 469 g/mol. The summed E-state index contributed by atoms with van der Waals surface area (Å²) in [5.41, 5.74) is 11.2. The molecule has 2 aromatic rings. The maximum absolute atomic E-state index is 11.6. The van der Waals surface area contributed by atoms with E-state index in [2.05, 4.69) is 46.7 Å². The molecule has 2 heterocycles. The Morgan fingerprint density at radius 1 is 1.15 bits per heavy atom. The van der Waals surface area contributed by atoms with Crippen molar-refractivity contribution in [3.63, 3.8) is 0 Å². The number of likely N-dealkylation sites (tertiary alicyclic amines) is 1. The van der Waals surface area contributed by atoms with Crippen LogP contribution >= 0.6 is 23.2 Å². The quantitative estimate of drug-likeness (QED) is 0.464. The van der Waals surface area contributed by atoms with Gasteiger partial charge in [0, 0.05) is 49.3 Å². The first kappa shape index (κ1) is 24.7.